The number of hydrogen-bond acceptors (Lipinski definition) is 4. The van der Waals surface area contributed by atoms with Gasteiger partial charge in [-0.25, -0.2) is 0 Å². The molecule has 2 rings (SSSR count). The largest absolute Gasteiger partial charge is 0.204 e. The van der Waals surface area contributed by atoms with Crippen LogP contribution in [0.15, 0.2) is 30.3 Å². The lowest BCUT2D eigenvalue weighted by atomic mass is 9.82. The molecule has 2 aromatic rings. The van der Waals surface area contributed by atoms with Gasteiger partial charge in [-0.15, -0.1) is 10.2 Å². The molecule has 1 aromatic heterocycles. The highest BCUT2D eigenvalue weighted by Crippen LogP contribution is 2.28. The van der Waals surface area contributed by atoms with Crippen molar-refractivity contribution in [3.05, 3.63) is 30.3 Å². The van der Waals surface area contributed by atoms with Crippen molar-refractivity contribution in [2.24, 2.45) is 11.3 Å². The third-order valence-corrected chi connectivity index (χ3v) is 3.75. The fraction of sp³-hybridized carbons (Fsp3) is 0.500. The molecular weight excluding hydrogens is 256 g/mol. The first-order valence-corrected chi connectivity index (χ1v) is 7.08. The molecule has 0 aliphatic heterocycles. The summed E-state index contributed by atoms with van der Waals surface area (Å²) in [6.45, 7) is 7.38. The molecule has 1 aromatic carbocycles. The lowest BCUT2D eigenvalue weighted by Gasteiger charge is -2.28. The molecule has 0 fully saturated rings. The van der Waals surface area contributed by atoms with Crippen LogP contribution in [-0.2, 0) is 6.54 Å². The van der Waals surface area contributed by atoms with Gasteiger partial charge < -0.3 is 0 Å². The average Bonchev–Trinajstić information content (AvgIpc) is 2.84. The summed E-state index contributed by atoms with van der Waals surface area (Å²) in [4.78, 5) is 1.68. The second-order valence-electron chi connectivity index (χ2n) is 5.78. The van der Waals surface area contributed by atoms with Crippen LogP contribution in [0.3, 0.4) is 0 Å². The summed E-state index contributed by atoms with van der Waals surface area (Å²) in [5, 5.41) is 12.7. The number of nitrogens with zero attached hydrogens (tertiary/aromatic N) is 4. The van der Waals surface area contributed by atoms with Crippen molar-refractivity contribution in [1.29, 1.82) is 0 Å². The first kappa shape index (κ1) is 14.1. The smallest absolute Gasteiger partial charge is 0.179 e. The standard InChI is InChI=1S/C14H20N4S/c1-14(2,3)12(10-19)9-18-16-13(15-17-18)11-7-5-4-6-8-11/h4-8,12,19H,9-10H2,1-3H3. The van der Waals surface area contributed by atoms with Crippen molar-refractivity contribution in [3.8, 4) is 11.4 Å². The van der Waals surface area contributed by atoms with Gasteiger partial charge in [-0.2, -0.15) is 17.4 Å². The van der Waals surface area contributed by atoms with Gasteiger partial charge in [0.05, 0.1) is 6.54 Å². The summed E-state index contributed by atoms with van der Waals surface area (Å²) in [5.74, 6) is 1.90. The van der Waals surface area contributed by atoms with E-state index in [1.807, 2.05) is 30.3 Å². The van der Waals surface area contributed by atoms with E-state index in [1.54, 1.807) is 4.80 Å². The SMILES string of the molecule is CC(C)(C)C(CS)Cn1nnc(-c2ccccc2)n1. The van der Waals surface area contributed by atoms with Crippen LogP contribution in [0, 0.1) is 11.3 Å². The zero-order chi connectivity index (χ0) is 13.9. The van der Waals surface area contributed by atoms with Crippen LogP contribution >= 0.6 is 12.6 Å². The van der Waals surface area contributed by atoms with Crippen LogP contribution in [-0.4, -0.2) is 26.0 Å². The van der Waals surface area contributed by atoms with Crippen LogP contribution in [0.2, 0.25) is 0 Å². The van der Waals surface area contributed by atoms with Crippen molar-refractivity contribution in [2.45, 2.75) is 27.3 Å². The molecule has 0 radical (unpaired) electrons. The molecule has 5 heteroatoms. The number of tetrazole rings is 1. The van der Waals surface area contributed by atoms with Gasteiger partial charge >= 0.3 is 0 Å². The van der Waals surface area contributed by atoms with E-state index in [1.165, 1.54) is 0 Å². The molecule has 0 saturated heterocycles. The normalized spacial score (nSPS) is 13.5. The fourth-order valence-electron chi connectivity index (χ4n) is 1.83. The molecule has 19 heavy (non-hydrogen) atoms. The minimum atomic E-state index is 0.183. The van der Waals surface area contributed by atoms with Crippen molar-refractivity contribution >= 4 is 12.6 Å². The Kier molecular flexibility index (Phi) is 4.24. The van der Waals surface area contributed by atoms with E-state index in [9.17, 15) is 0 Å². The number of aromatic nitrogens is 4. The highest BCUT2D eigenvalue weighted by molar-refractivity contribution is 7.80. The van der Waals surface area contributed by atoms with Gasteiger partial charge in [-0.1, -0.05) is 51.1 Å². The molecule has 1 atom stereocenters. The van der Waals surface area contributed by atoms with E-state index in [-0.39, 0.29) is 5.41 Å². The molecule has 0 bridgehead atoms. The molecule has 0 aliphatic carbocycles. The summed E-state index contributed by atoms with van der Waals surface area (Å²) in [6.07, 6.45) is 0. The predicted octanol–water partition coefficient (Wildman–Crippen LogP) is 2.93. The molecule has 0 saturated carbocycles. The van der Waals surface area contributed by atoms with E-state index in [0.717, 1.165) is 17.9 Å². The molecule has 0 aliphatic rings. The van der Waals surface area contributed by atoms with Gasteiger partial charge in [0.25, 0.3) is 0 Å². The number of thiol groups is 1. The van der Waals surface area contributed by atoms with Crippen LogP contribution < -0.4 is 0 Å². The number of rotatable bonds is 4. The van der Waals surface area contributed by atoms with Gasteiger partial charge in [0.15, 0.2) is 0 Å². The summed E-state index contributed by atoms with van der Waals surface area (Å²) in [6, 6.07) is 9.90. The topological polar surface area (TPSA) is 43.6 Å². The van der Waals surface area contributed by atoms with Crippen molar-refractivity contribution in [3.63, 3.8) is 0 Å². The Balaban J connectivity index is 2.14. The summed E-state index contributed by atoms with van der Waals surface area (Å²) in [5.41, 5.74) is 1.18. The maximum atomic E-state index is 4.44. The second-order valence-corrected chi connectivity index (χ2v) is 6.14. The summed E-state index contributed by atoms with van der Waals surface area (Å²) < 4.78 is 0. The van der Waals surface area contributed by atoms with Gasteiger partial charge in [-0.3, -0.25) is 0 Å². The minimum Gasteiger partial charge on any atom is -0.179 e. The lowest BCUT2D eigenvalue weighted by molar-refractivity contribution is 0.220. The third-order valence-electron chi connectivity index (χ3n) is 3.31. The van der Waals surface area contributed by atoms with Crippen molar-refractivity contribution in [2.75, 3.05) is 5.75 Å². The zero-order valence-electron chi connectivity index (χ0n) is 11.6. The quantitative estimate of drug-likeness (QED) is 0.873. The number of benzene rings is 1. The van der Waals surface area contributed by atoms with Crippen LogP contribution in [0.25, 0.3) is 11.4 Å². The molecule has 0 N–H and O–H groups in total. The summed E-state index contributed by atoms with van der Waals surface area (Å²) in [7, 11) is 0. The first-order chi connectivity index (χ1) is 9.00. The van der Waals surface area contributed by atoms with E-state index in [0.29, 0.717) is 11.7 Å². The minimum absolute atomic E-state index is 0.183. The van der Waals surface area contributed by atoms with Crippen LogP contribution in [0.1, 0.15) is 20.8 Å². The maximum absolute atomic E-state index is 4.44. The molecule has 0 amide bonds. The highest BCUT2D eigenvalue weighted by Gasteiger charge is 2.24. The Bertz CT molecular complexity index is 516. The van der Waals surface area contributed by atoms with E-state index in [4.69, 9.17) is 0 Å². The second kappa shape index (κ2) is 5.74. The zero-order valence-corrected chi connectivity index (χ0v) is 12.5. The Morgan fingerprint density at radius 2 is 1.89 bits per heavy atom. The van der Waals surface area contributed by atoms with Gasteiger partial charge in [0.1, 0.15) is 0 Å². The third kappa shape index (κ3) is 3.56. The van der Waals surface area contributed by atoms with E-state index in [2.05, 4.69) is 48.8 Å². The Hall–Kier alpha value is -1.36. The number of hydrogen-bond donors (Lipinski definition) is 1. The van der Waals surface area contributed by atoms with Crippen LogP contribution in [0.5, 0.6) is 0 Å². The Labute approximate surface area is 119 Å². The van der Waals surface area contributed by atoms with E-state index < -0.39 is 0 Å². The summed E-state index contributed by atoms with van der Waals surface area (Å²) >= 11 is 4.43. The molecular formula is C14H20N4S. The molecule has 4 nitrogen and oxygen atoms in total. The molecule has 1 unspecified atom stereocenters. The Morgan fingerprint density at radius 3 is 2.47 bits per heavy atom. The first-order valence-electron chi connectivity index (χ1n) is 6.45. The van der Waals surface area contributed by atoms with Crippen molar-refractivity contribution < 1.29 is 0 Å². The van der Waals surface area contributed by atoms with Crippen LogP contribution in [0.4, 0.5) is 0 Å². The molecule has 102 valence electrons. The average molecular weight is 276 g/mol. The van der Waals surface area contributed by atoms with Crippen molar-refractivity contribution in [1.82, 2.24) is 20.2 Å². The van der Waals surface area contributed by atoms with Gasteiger partial charge in [0, 0.05) is 5.56 Å². The van der Waals surface area contributed by atoms with Gasteiger partial charge in [0.2, 0.25) is 5.82 Å². The molecule has 0 spiro atoms. The highest BCUT2D eigenvalue weighted by atomic mass is 32.1. The fourth-order valence-corrected chi connectivity index (χ4v) is 2.49. The van der Waals surface area contributed by atoms with E-state index >= 15 is 0 Å². The molecule has 1 heterocycles. The lowest BCUT2D eigenvalue weighted by Crippen LogP contribution is -2.27. The Morgan fingerprint density at radius 1 is 1.21 bits per heavy atom. The monoisotopic (exact) mass is 276 g/mol. The predicted molar refractivity (Wildman–Crippen MR) is 80.1 cm³/mol. The van der Waals surface area contributed by atoms with Gasteiger partial charge in [-0.05, 0) is 22.3 Å². The maximum Gasteiger partial charge on any atom is 0.204 e.